The van der Waals surface area contributed by atoms with E-state index < -0.39 is 6.10 Å². The minimum atomic E-state index is -0.813. The van der Waals surface area contributed by atoms with Crippen LogP contribution in [0.25, 0.3) is 0 Å². The van der Waals surface area contributed by atoms with Crippen LogP contribution in [0, 0.1) is 0 Å². The Morgan fingerprint density at radius 1 is 1.27 bits per heavy atom. The lowest BCUT2D eigenvalue weighted by atomic mass is 10.1. The van der Waals surface area contributed by atoms with E-state index in [2.05, 4.69) is 0 Å². The standard InChI is InChI=1S/C11H14O4/c1-14-9-5-8(11(13)3-4-12)6-10(7-9)15-2/h4-7,11,13H,3H2,1-2H3. The second-order valence-electron chi connectivity index (χ2n) is 3.06. The van der Waals surface area contributed by atoms with Crippen LogP contribution in [0.3, 0.4) is 0 Å². The molecular weight excluding hydrogens is 196 g/mol. The van der Waals surface area contributed by atoms with E-state index in [1.807, 2.05) is 0 Å². The number of aliphatic hydroxyl groups is 1. The third-order valence-corrected chi connectivity index (χ3v) is 2.08. The third-order valence-electron chi connectivity index (χ3n) is 2.08. The molecule has 0 spiro atoms. The first-order valence-corrected chi connectivity index (χ1v) is 4.56. The Morgan fingerprint density at radius 2 is 1.80 bits per heavy atom. The maximum atomic E-state index is 10.3. The van der Waals surface area contributed by atoms with Crippen molar-refractivity contribution in [1.82, 2.24) is 0 Å². The monoisotopic (exact) mass is 210 g/mol. The Bertz CT molecular complexity index is 313. The number of methoxy groups -OCH3 is 2. The first-order valence-electron chi connectivity index (χ1n) is 4.56. The van der Waals surface area contributed by atoms with E-state index in [0.717, 1.165) is 0 Å². The van der Waals surface area contributed by atoms with Crippen LogP contribution in [0.4, 0.5) is 0 Å². The number of aliphatic hydroxyl groups excluding tert-OH is 1. The molecule has 0 bridgehead atoms. The number of carbonyl (C=O) groups excluding carboxylic acids is 1. The Hall–Kier alpha value is -1.55. The van der Waals surface area contributed by atoms with E-state index >= 15 is 0 Å². The highest BCUT2D eigenvalue weighted by atomic mass is 16.5. The summed E-state index contributed by atoms with van der Waals surface area (Å²) >= 11 is 0. The van der Waals surface area contributed by atoms with Gasteiger partial charge < -0.3 is 19.4 Å². The van der Waals surface area contributed by atoms with Crippen molar-refractivity contribution in [3.05, 3.63) is 23.8 Å². The van der Waals surface area contributed by atoms with Crippen molar-refractivity contribution in [2.45, 2.75) is 12.5 Å². The lowest BCUT2D eigenvalue weighted by Gasteiger charge is -2.11. The Kier molecular flexibility index (Phi) is 4.12. The lowest BCUT2D eigenvalue weighted by Crippen LogP contribution is -1.99. The van der Waals surface area contributed by atoms with Crippen molar-refractivity contribution in [3.63, 3.8) is 0 Å². The molecule has 1 unspecified atom stereocenters. The summed E-state index contributed by atoms with van der Waals surface area (Å²) in [6.45, 7) is 0. The highest BCUT2D eigenvalue weighted by Gasteiger charge is 2.10. The number of rotatable bonds is 5. The molecule has 0 aliphatic heterocycles. The highest BCUT2D eigenvalue weighted by Crippen LogP contribution is 2.27. The molecule has 15 heavy (non-hydrogen) atoms. The van der Waals surface area contributed by atoms with Gasteiger partial charge in [0.15, 0.2) is 0 Å². The Labute approximate surface area is 88.4 Å². The van der Waals surface area contributed by atoms with Gasteiger partial charge in [0.25, 0.3) is 0 Å². The van der Waals surface area contributed by atoms with E-state index in [1.54, 1.807) is 18.2 Å². The normalized spacial score (nSPS) is 11.9. The molecule has 0 aliphatic carbocycles. The summed E-state index contributed by atoms with van der Waals surface area (Å²) in [5.41, 5.74) is 0.610. The molecule has 1 aromatic rings. The average Bonchev–Trinajstić information content (AvgIpc) is 2.28. The summed E-state index contributed by atoms with van der Waals surface area (Å²) < 4.78 is 10.1. The summed E-state index contributed by atoms with van der Waals surface area (Å²) in [6.07, 6.45) is -0.0704. The van der Waals surface area contributed by atoms with Crippen LogP contribution in [0.15, 0.2) is 18.2 Å². The minimum absolute atomic E-state index is 0.0658. The van der Waals surface area contributed by atoms with E-state index in [1.165, 1.54) is 14.2 Å². The van der Waals surface area contributed by atoms with Gasteiger partial charge in [-0.2, -0.15) is 0 Å². The molecule has 0 aliphatic rings. The number of benzene rings is 1. The first kappa shape index (κ1) is 11.5. The van der Waals surface area contributed by atoms with Gasteiger partial charge in [-0.25, -0.2) is 0 Å². The number of ether oxygens (including phenoxy) is 2. The van der Waals surface area contributed by atoms with Crippen molar-refractivity contribution in [2.75, 3.05) is 14.2 Å². The van der Waals surface area contributed by atoms with Gasteiger partial charge in [-0.1, -0.05) is 0 Å². The summed E-state index contributed by atoms with van der Waals surface area (Å²) in [5, 5.41) is 9.62. The number of carbonyl (C=O) groups is 1. The molecule has 1 N–H and O–H groups in total. The molecule has 0 amide bonds. The zero-order valence-corrected chi connectivity index (χ0v) is 8.77. The van der Waals surface area contributed by atoms with Crippen LogP contribution in [-0.4, -0.2) is 25.6 Å². The zero-order valence-electron chi connectivity index (χ0n) is 8.77. The third kappa shape index (κ3) is 2.95. The maximum Gasteiger partial charge on any atom is 0.122 e. The Balaban J connectivity index is 3.00. The van der Waals surface area contributed by atoms with Gasteiger partial charge in [0.05, 0.1) is 20.3 Å². The second-order valence-corrected chi connectivity index (χ2v) is 3.06. The van der Waals surface area contributed by atoms with Crippen molar-refractivity contribution in [2.24, 2.45) is 0 Å². The summed E-state index contributed by atoms with van der Waals surface area (Å²) in [4.78, 5) is 10.3. The molecule has 0 aromatic heterocycles. The molecule has 0 saturated heterocycles. The molecule has 1 rings (SSSR count). The molecule has 0 saturated carbocycles. The van der Waals surface area contributed by atoms with Gasteiger partial charge in [-0.3, -0.25) is 0 Å². The molecular formula is C11H14O4. The van der Waals surface area contributed by atoms with Crippen LogP contribution in [0.5, 0.6) is 11.5 Å². The largest absolute Gasteiger partial charge is 0.497 e. The summed E-state index contributed by atoms with van der Waals surface area (Å²) in [6, 6.07) is 5.06. The van der Waals surface area contributed by atoms with Crippen LogP contribution in [0.2, 0.25) is 0 Å². The van der Waals surface area contributed by atoms with Crippen molar-refractivity contribution in [1.29, 1.82) is 0 Å². The molecule has 1 atom stereocenters. The van der Waals surface area contributed by atoms with E-state index in [-0.39, 0.29) is 6.42 Å². The predicted octanol–water partition coefficient (Wildman–Crippen LogP) is 1.33. The van der Waals surface area contributed by atoms with Gasteiger partial charge >= 0.3 is 0 Å². The Morgan fingerprint density at radius 3 is 2.20 bits per heavy atom. The van der Waals surface area contributed by atoms with Crippen molar-refractivity contribution >= 4 is 6.29 Å². The quantitative estimate of drug-likeness (QED) is 0.745. The fourth-order valence-electron chi connectivity index (χ4n) is 1.25. The molecule has 0 heterocycles. The van der Waals surface area contributed by atoms with Crippen LogP contribution in [0.1, 0.15) is 18.1 Å². The van der Waals surface area contributed by atoms with E-state index in [9.17, 15) is 9.90 Å². The fourth-order valence-corrected chi connectivity index (χ4v) is 1.25. The number of aldehydes is 1. The first-order chi connectivity index (χ1) is 7.21. The summed E-state index contributed by atoms with van der Waals surface area (Å²) in [5.74, 6) is 1.18. The van der Waals surface area contributed by atoms with Gasteiger partial charge in [-0.05, 0) is 17.7 Å². The smallest absolute Gasteiger partial charge is 0.122 e. The lowest BCUT2D eigenvalue weighted by molar-refractivity contribution is -0.109. The van der Waals surface area contributed by atoms with Gasteiger partial charge in [0.1, 0.15) is 17.8 Å². The summed E-state index contributed by atoms with van der Waals surface area (Å²) in [7, 11) is 3.06. The topological polar surface area (TPSA) is 55.8 Å². The molecule has 0 radical (unpaired) electrons. The van der Waals surface area contributed by atoms with Gasteiger partial charge in [-0.15, -0.1) is 0 Å². The second kappa shape index (κ2) is 5.36. The number of hydrogen-bond donors (Lipinski definition) is 1. The average molecular weight is 210 g/mol. The van der Waals surface area contributed by atoms with Crippen LogP contribution in [-0.2, 0) is 4.79 Å². The van der Waals surface area contributed by atoms with Crippen LogP contribution >= 0.6 is 0 Å². The van der Waals surface area contributed by atoms with Crippen LogP contribution < -0.4 is 9.47 Å². The number of hydrogen-bond acceptors (Lipinski definition) is 4. The van der Waals surface area contributed by atoms with E-state index in [0.29, 0.717) is 23.3 Å². The van der Waals surface area contributed by atoms with E-state index in [4.69, 9.17) is 9.47 Å². The molecule has 1 aromatic carbocycles. The van der Waals surface area contributed by atoms with Gasteiger partial charge in [0, 0.05) is 12.5 Å². The minimum Gasteiger partial charge on any atom is -0.497 e. The zero-order chi connectivity index (χ0) is 11.3. The fraction of sp³-hybridized carbons (Fsp3) is 0.364. The SMILES string of the molecule is COc1cc(OC)cc(C(O)CC=O)c1. The van der Waals surface area contributed by atoms with Gasteiger partial charge in [0.2, 0.25) is 0 Å². The van der Waals surface area contributed by atoms with Crippen molar-refractivity contribution < 1.29 is 19.4 Å². The molecule has 82 valence electrons. The highest BCUT2D eigenvalue weighted by molar-refractivity contribution is 5.51. The molecule has 4 nitrogen and oxygen atoms in total. The van der Waals surface area contributed by atoms with Crippen molar-refractivity contribution in [3.8, 4) is 11.5 Å². The predicted molar refractivity (Wildman–Crippen MR) is 55.2 cm³/mol. The molecule has 4 heteroatoms. The molecule has 0 fully saturated rings. The maximum absolute atomic E-state index is 10.3.